The van der Waals surface area contributed by atoms with Gasteiger partial charge in [0.2, 0.25) is 0 Å². The van der Waals surface area contributed by atoms with Gasteiger partial charge >= 0.3 is 0 Å². The summed E-state index contributed by atoms with van der Waals surface area (Å²) in [5, 5.41) is 17.6. The molecule has 0 saturated heterocycles. The highest BCUT2D eigenvalue weighted by Gasteiger charge is 2.24. The zero-order chi connectivity index (χ0) is 13.4. The molecular formula is C12H11BrN4O2. The number of hydrogen-bond acceptors (Lipinski definition) is 4. The summed E-state index contributed by atoms with van der Waals surface area (Å²) >= 11 is 3.25. The Hall–Kier alpha value is -1.89. The van der Waals surface area contributed by atoms with E-state index in [0.29, 0.717) is 25.2 Å². The first-order valence-electron chi connectivity index (χ1n) is 5.79. The third kappa shape index (κ3) is 2.21. The maximum atomic E-state index is 12.4. The second-order valence-electron chi connectivity index (χ2n) is 4.33. The molecular weight excluding hydrogens is 312 g/mol. The van der Waals surface area contributed by atoms with Gasteiger partial charge in [-0.1, -0.05) is 15.9 Å². The fourth-order valence-electron chi connectivity index (χ4n) is 2.10. The lowest BCUT2D eigenvalue weighted by Crippen LogP contribution is -2.38. The van der Waals surface area contributed by atoms with Crippen LogP contribution in [-0.2, 0) is 13.1 Å². The standard InChI is InChI=1S/C12H11BrN4O2/c13-8-1-2-9(10(18)5-8)12(19)16-3-4-17-7-14-15-11(17)6-16/h1-2,5,7,18H,3-4,6H2. The van der Waals surface area contributed by atoms with Crippen molar-refractivity contribution >= 4 is 21.8 Å². The number of fused-ring (bicyclic) bond motifs is 1. The molecule has 2 heterocycles. The highest BCUT2D eigenvalue weighted by atomic mass is 79.9. The smallest absolute Gasteiger partial charge is 0.258 e. The Balaban J connectivity index is 1.85. The fourth-order valence-corrected chi connectivity index (χ4v) is 2.44. The highest BCUT2D eigenvalue weighted by molar-refractivity contribution is 9.10. The summed E-state index contributed by atoms with van der Waals surface area (Å²) in [7, 11) is 0. The molecule has 0 bridgehead atoms. The number of carbonyl (C=O) groups is 1. The third-order valence-corrected chi connectivity index (χ3v) is 3.61. The summed E-state index contributed by atoms with van der Waals surface area (Å²) in [6, 6.07) is 4.86. The van der Waals surface area contributed by atoms with Crippen molar-refractivity contribution in [1.82, 2.24) is 19.7 Å². The second-order valence-corrected chi connectivity index (χ2v) is 5.24. The van der Waals surface area contributed by atoms with Crippen LogP contribution in [0.2, 0.25) is 0 Å². The third-order valence-electron chi connectivity index (χ3n) is 3.12. The van der Waals surface area contributed by atoms with Crippen molar-refractivity contribution in [3.63, 3.8) is 0 Å². The molecule has 6 nitrogen and oxygen atoms in total. The predicted octanol–water partition coefficient (Wildman–Crippen LogP) is 1.40. The van der Waals surface area contributed by atoms with Gasteiger partial charge in [-0.05, 0) is 18.2 Å². The van der Waals surface area contributed by atoms with Crippen LogP contribution in [-0.4, -0.2) is 37.2 Å². The number of aromatic hydroxyl groups is 1. The van der Waals surface area contributed by atoms with Crippen LogP contribution in [0.1, 0.15) is 16.2 Å². The van der Waals surface area contributed by atoms with E-state index < -0.39 is 0 Å². The number of halogens is 1. The Morgan fingerprint density at radius 3 is 3.00 bits per heavy atom. The van der Waals surface area contributed by atoms with Crippen molar-refractivity contribution in [2.24, 2.45) is 0 Å². The Labute approximate surface area is 117 Å². The highest BCUT2D eigenvalue weighted by Crippen LogP contribution is 2.24. The number of carbonyl (C=O) groups excluding carboxylic acids is 1. The van der Waals surface area contributed by atoms with Crippen LogP contribution in [0.25, 0.3) is 0 Å². The van der Waals surface area contributed by atoms with Gasteiger partial charge in [0.25, 0.3) is 5.91 Å². The van der Waals surface area contributed by atoms with E-state index in [1.165, 1.54) is 6.07 Å². The molecule has 1 aliphatic rings. The molecule has 0 fully saturated rings. The monoisotopic (exact) mass is 322 g/mol. The average molecular weight is 323 g/mol. The van der Waals surface area contributed by atoms with Gasteiger partial charge < -0.3 is 14.6 Å². The summed E-state index contributed by atoms with van der Waals surface area (Å²) in [6.07, 6.45) is 1.66. The van der Waals surface area contributed by atoms with Gasteiger partial charge in [-0.2, -0.15) is 0 Å². The lowest BCUT2D eigenvalue weighted by molar-refractivity contribution is 0.0704. The van der Waals surface area contributed by atoms with Crippen molar-refractivity contribution in [2.45, 2.75) is 13.1 Å². The van der Waals surface area contributed by atoms with Crippen LogP contribution in [0.15, 0.2) is 29.0 Å². The van der Waals surface area contributed by atoms with Crippen molar-refractivity contribution in [3.05, 3.63) is 40.4 Å². The molecule has 1 aliphatic heterocycles. The molecule has 0 radical (unpaired) electrons. The molecule has 0 unspecified atom stereocenters. The Morgan fingerprint density at radius 2 is 2.21 bits per heavy atom. The summed E-state index contributed by atoms with van der Waals surface area (Å²) in [5.41, 5.74) is 0.302. The zero-order valence-corrected chi connectivity index (χ0v) is 11.5. The number of rotatable bonds is 1. The normalized spacial score (nSPS) is 14.3. The number of nitrogens with zero attached hydrogens (tertiary/aromatic N) is 4. The maximum Gasteiger partial charge on any atom is 0.258 e. The van der Waals surface area contributed by atoms with Gasteiger partial charge in [-0.25, -0.2) is 0 Å². The van der Waals surface area contributed by atoms with Crippen LogP contribution in [0, 0.1) is 0 Å². The molecule has 1 N–H and O–H groups in total. The van der Waals surface area contributed by atoms with E-state index in [1.54, 1.807) is 23.4 Å². The van der Waals surface area contributed by atoms with E-state index >= 15 is 0 Å². The summed E-state index contributed by atoms with van der Waals surface area (Å²) in [6.45, 7) is 1.67. The molecule has 1 amide bonds. The van der Waals surface area contributed by atoms with E-state index in [4.69, 9.17) is 0 Å². The van der Waals surface area contributed by atoms with Crippen molar-refractivity contribution < 1.29 is 9.90 Å². The molecule has 0 atom stereocenters. The first-order valence-corrected chi connectivity index (χ1v) is 6.59. The van der Waals surface area contributed by atoms with Gasteiger partial charge in [-0.15, -0.1) is 10.2 Å². The Bertz CT molecular complexity index is 640. The molecule has 0 saturated carbocycles. The van der Waals surface area contributed by atoms with E-state index in [-0.39, 0.29) is 11.7 Å². The van der Waals surface area contributed by atoms with E-state index in [0.717, 1.165) is 10.3 Å². The summed E-state index contributed by atoms with van der Waals surface area (Å²) in [4.78, 5) is 14.0. The largest absolute Gasteiger partial charge is 0.507 e. The van der Waals surface area contributed by atoms with E-state index in [2.05, 4.69) is 26.1 Å². The van der Waals surface area contributed by atoms with E-state index in [1.807, 2.05) is 4.57 Å². The average Bonchev–Trinajstić information content (AvgIpc) is 2.85. The van der Waals surface area contributed by atoms with Crippen LogP contribution in [0.4, 0.5) is 0 Å². The number of aromatic nitrogens is 3. The van der Waals surface area contributed by atoms with Gasteiger partial charge in [0.15, 0.2) is 5.82 Å². The topological polar surface area (TPSA) is 71.2 Å². The summed E-state index contributed by atoms with van der Waals surface area (Å²) in [5.74, 6) is 0.543. The maximum absolute atomic E-state index is 12.4. The molecule has 1 aromatic heterocycles. The SMILES string of the molecule is O=C(c1ccc(Br)cc1O)N1CCn2cnnc2C1. The molecule has 2 aromatic rings. The fraction of sp³-hybridized carbons (Fsp3) is 0.250. The van der Waals surface area contributed by atoms with Gasteiger partial charge in [0, 0.05) is 17.6 Å². The minimum atomic E-state index is -0.195. The number of phenolic OH excluding ortho intramolecular Hbond substituents is 1. The molecule has 0 spiro atoms. The first-order chi connectivity index (χ1) is 9.15. The number of amides is 1. The van der Waals surface area contributed by atoms with Crippen LogP contribution >= 0.6 is 15.9 Å². The quantitative estimate of drug-likeness (QED) is 0.861. The van der Waals surface area contributed by atoms with Crippen LogP contribution in [0.5, 0.6) is 5.75 Å². The molecule has 3 rings (SSSR count). The van der Waals surface area contributed by atoms with Crippen molar-refractivity contribution in [3.8, 4) is 5.75 Å². The first kappa shape index (κ1) is 12.2. The van der Waals surface area contributed by atoms with Crippen LogP contribution in [0.3, 0.4) is 0 Å². The minimum absolute atomic E-state index is 0.0218. The molecule has 19 heavy (non-hydrogen) atoms. The van der Waals surface area contributed by atoms with Gasteiger partial charge in [-0.3, -0.25) is 4.79 Å². The lowest BCUT2D eigenvalue weighted by Gasteiger charge is -2.27. The molecule has 98 valence electrons. The number of phenols is 1. The van der Waals surface area contributed by atoms with Crippen molar-refractivity contribution in [2.75, 3.05) is 6.54 Å². The van der Waals surface area contributed by atoms with Gasteiger partial charge in [0.05, 0.1) is 12.1 Å². The molecule has 7 heteroatoms. The summed E-state index contributed by atoms with van der Waals surface area (Å²) < 4.78 is 2.66. The molecule has 0 aliphatic carbocycles. The second kappa shape index (κ2) is 4.65. The molecule has 1 aromatic carbocycles. The van der Waals surface area contributed by atoms with E-state index in [9.17, 15) is 9.90 Å². The number of hydrogen-bond donors (Lipinski definition) is 1. The van der Waals surface area contributed by atoms with Crippen LogP contribution < -0.4 is 0 Å². The predicted molar refractivity (Wildman–Crippen MR) is 70.6 cm³/mol. The Morgan fingerprint density at radius 1 is 1.37 bits per heavy atom. The Kier molecular flexibility index (Phi) is 2.98. The van der Waals surface area contributed by atoms with Crippen molar-refractivity contribution in [1.29, 1.82) is 0 Å². The zero-order valence-electron chi connectivity index (χ0n) is 9.95. The lowest BCUT2D eigenvalue weighted by atomic mass is 10.1. The minimum Gasteiger partial charge on any atom is -0.507 e. The van der Waals surface area contributed by atoms with Gasteiger partial charge in [0.1, 0.15) is 12.1 Å². The number of benzene rings is 1.